The largest absolute Gasteiger partial charge is 0.380 e. The molecule has 0 saturated heterocycles. The predicted molar refractivity (Wildman–Crippen MR) is 71.2 cm³/mol. The summed E-state index contributed by atoms with van der Waals surface area (Å²) < 4.78 is 5.20. The van der Waals surface area contributed by atoms with Gasteiger partial charge in [0.15, 0.2) is 0 Å². The first-order valence-corrected chi connectivity index (χ1v) is 6.07. The first-order valence-electron chi connectivity index (χ1n) is 6.07. The standard InChI is InChI=1S/C13H23N3O/c1-10(2)15-9-12-6-5-7-14-13(12)16-8-11(3)17-4/h5-7,10-11,15H,8-9H2,1-4H3,(H,14,16). The van der Waals surface area contributed by atoms with Gasteiger partial charge >= 0.3 is 0 Å². The van der Waals surface area contributed by atoms with Gasteiger partial charge in [0.25, 0.3) is 0 Å². The topological polar surface area (TPSA) is 46.2 Å². The van der Waals surface area contributed by atoms with Gasteiger partial charge in [-0.2, -0.15) is 0 Å². The van der Waals surface area contributed by atoms with Crippen LogP contribution in [0.4, 0.5) is 5.82 Å². The minimum absolute atomic E-state index is 0.183. The van der Waals surface area contributed by atoms with Crippen LogP contribution in [0.2, 0.25) is 0 Å². The summed E-state index contributed by atoms with van der Waals surface area (Å²) in [5, 5.41) is 6.70. The Bertz CT molecular complexity index is 328. The van der Waals surface area contributed by atoms with Crippen LogP contribution in [0.25, 0.3) is 0 Å². The third-order valence-corrected chi connectivity index (χ3v) is 2.55. The van der Waals surface area contributed by atoms with E-state index < -0.39 is 0 Å². The van der Waals surface area contributed by atoms with Crippen LogP contribution in [0.3, 0.4) is 0 Å². The summed E-state index contributed by atoms with van der Waals surface area (Å²) in [5.41, 5.74) is 1.18. The van der Waals surface area contributed by atoms with Gasteiger partial charge < -0.3 is 15.4 Å². The van der Waals surface area contributed by atoms with Gasteiger partial charge in [-0.25, -0.2) is 4.98 Å². The van der Waals surface area contributed by atoms with Gasteiger partial charge in [0.1, 0.15) is 5.82 Å². The van der Waals surface area contributed by atoms with Gasteiger partial charge in [-0.15, -0.1) is 0 Å². The molecule has 0 amide bonds. The Balaban J connectivity index is 2.57. The van der Waals surface area contributed by atoms with Gasteiger partial charge in [-0.3, -0.25) is 0 Å². The molecule has 0 aliphatic heterocycles. The van der Waals surface area contributed by atoms with Crippen LogP contribution in [-0.4, -0.2) is 30.8 Å². The van der Waals surface area contributed by atoms with Crippen molar-refractivity contribution in [2.45, 2.75) is 39.5 Å². The number of pyridine rings is 1. The quantitative estimate of drug-likeness (QED) is 0.761. The van der Waals surface area contributed by atoms with Crippen LogP contribution in [-0.2, 0) is 11.3 Å². The van der Waals surface area contributed by atoms with Gasteiger partial charge in [0.2, 0.25) is 0 Å². The molecular formula is C13H23N3O. The molecule has 0 aliphatic carbocycles. The zero-order valence-electron chi connectivity index (χ0n) is 11.2. The molecule has 4 heteroatoms. The monoisotopic (exact) mass is 237 g/mol. The minimum atomic E-state index is 0.183. The minimum Gasteiger partial charge on any atom is -0.380 e. The fraction of sp³-hybridized carbons (Fsp3) is 0.615. The van der Waals surface area contributed by atoms with Crippen molar-refractivity contribution in [3.05, 3.63) is 23.9 Å². The molecule has 4 nitrogen and oxygen atoms in total. The molecule has 0 aromatic carbocycles. The Morgan fingerprint density at radius 1 is 1.35 bits per heavy atom. The number of aromatic nitrogens is 1. The zero-order valence-corrected chi connectivity index (χ0v) is 11.2. The Morgan fingerprint density at radius 3 is 2.76 bits per heavy atom. The van der Waals surface area contributed by atoms with Crippen LogP contribution < -0.4 is 10.6 Å². The first-order chi connectivity index (χ1) is 8.13. The van der Waals surface area contributed by atoms with E-state index in [2.05, 4.69) is 35.5 Å². The molecule has 1 rings (SSSR count). The lowest BCUT2D eigenvalue weighted by atomic mass is 10.2. The van der Waals surface area contributed by atoms with Crippen molar-refractivity contribution in [2.75, 3.05) is 19.0 Å². The number of ether oxygens (including phenoxy) is 1. The molecule has 96 valence electrons. The van der Waals surface area contributed by atoms with Crippen LogP contribution in [0, 0.1) is 0 Å². The van der Waals surface area contributed by atoms with Crippen molar-refractivity contribution in [3.8, 4) is 0 Å². The summed E-state index contributed by atoms with van der Waals surface area (Å²) in [7, 11) is 1.71. The van der Waals surface area contributed by atoms with Crippen molar-refractivity contribution >= 4 is 5.82 Å². The molecule has 0 bridgehead atoms. The number of anilines is 1. The van der Waals surface area contributed by atoms with Crippen molar-refractivity contribution < 1.29 is 4.74 Å². The third kappa shape index (κ3) is 5.15. The summed E-state index contributed by atoms with van der Waals surface area (Å²) in [5.74, 6) is 0.935. The van der Waals surface area contributed by atoms with Crippen molar-refractivity contribution in [3.63, 3.8) is 0 Å². The van der Waals surface area contributed by atoms with Crippen LogP contribution in [0.5, 0.6) is 0 Å². The van der Waals surface area contributed by atoms with E-state index in [1.165, 1.54) is 5.56 Å². The fourth-order valence-corrected chi connectivity index (χ4v) is 1.38. The lowest BCUT2D eigenvalue weighted by Crippen LogP contribution is -2.24. The second kappa shape index (κ2) is 7.25. The number of nitrogens with one attached hydrogen (secondary N) is 2. The highest BCUT2D eigenvalue weighted by Crippen LogP contribution is 2.11. The van der Waals surface area contributed by atoms with E-state index in [0.717, 1.165) is 18.9 Å². The average molecular weight is 237 g/mol. The molecule has 0 spiro atoms. The molecule has 0 radical (unpaired) electrons. The number of rotatable bonds is 7. The maximum absolute atomic E-state index is 5.20. The summed E-state index contributed by atoms with van der Waals surface area (Å²) in [6.45, 7) is 7.90. The summed E-state index contributed by atoms with van der Waals surface area (Å²) in [4.78, 5) is 4.36. The molecule has 1 atom stereocenters. The highest BCUT2D eigenvalue weighted by atomic mass is 16.5. The van der Waals surface area contributed by atoms with E-state index >= 15 is 0 Å². The van der Waals surface area contributed by atoms with E-state index in [0.29, 0.717) is 6.04 Å². The number of hydrogen-bond donors (Lipinski definition) is 2. The summed E-state index contributed by atoms with van der Waals surface area (Å²) in [6.07, 6.45) is 1.99. The molecule has 0 saturated carbocycles. The lowest BCUT2D eigenvalue weighted by Gasteiger charge is -2.15. The van der Waals surface area contributed by atoms with E-state index in [1.54, 1.807) is 13.3 Å². The SMILES string of the molecule is COC(C)CNc1ncccc1CNC(C)C. The molecule has 17 heavy (non-hydrogen) atoms. The molecule has 0 fully saturated rings. The van der Waals surface area contributed by atoms with Crippen molar-refractivity contribution in [1.82, 2.24) is 10.3 Å². The maximum Gasteiger partial charge on any atom is 0.130 e. The van der Waals surface area contributed by atoms with Crippen LogP contribution in [0.1, 0.15) is 26.3 Å². The molecule has 1 aromatic rings. The van der Waals surface area contributed by atoms with Crippen LogP contribution in [0.15, 0.2) is 18.3 Å². The Kier molecular flexibility index (Phi) is 5.94. The van der Waals surface area contributed by atoms with Gasteiger partial charge in [0, 0.05) is 38.0 Å². The van der Waals surface area contributed by atoms with E-state index in [4.69, 9.17) is 4.74 Å². The van der Waals surface area contributed by atoms with E-state index in [-0.39, 0.29) is 6.10 Å². The van der Waals surface area contributed by atoms with E-state index in [1.807, 2.05) is 13.0 Å². The normalized spacial score (nSPS) is 12.8. The van der Waals surface area contributed by atoms with Crippen molar-refractivity contribution in [2.24, 2.45) is 0 Å². The second-order valence-electron chi connectivity index (χ2n) is 4.47. The number of nitrogens with zero attached hydrogens (tertiary/aromatic N) is 1. The Hall–Kier alpha value is -1.13. The Labute approximate surface area is 104 Å². The molecule has 2 N–H and O–H groups in total. The molecule has 1 unspecified atom stereocenters. The highest BCUT2D eigenvalue weighted by molar-refractivity contribution is 5.43. The smallest absolute Gasteiger partial charge is 0.130 e. The van der Waals surface area contributed by atoms with Gasteiger partial charge in [0.05, 0.1) is 6.10 Å². The average Bonchev–Trinajstić information content (AvgIpc) is 2.34. The number of methoxy groups -OCH3 is 1. The molecule has 1 aromatic heterocycles. The molecule has 1 heterocycles. The summed E-state index contributed by atoms with van der Waals surface area (Å²) >= 11 is 0. The fourth-order valence-electron chi connectivity index (χ4n) is 1.38. The predicted octanol–water partition coefficient (Wildman–Crippen LogP) is 2.03. The maximum atomic E-state index is 5.20. The lowest BCUT2D eigenvalue weighted by molar-refractivity contribution is 0.128. The molecular weight excluding hydrogens is 214 g/mol. The Morgan fingerprint density at radius 2 is 2.12 bits per heavy atom. The van der Waals surface area contributed by atoms with Crippen LogP contribution >= 0.6 is 0 Å². The third-order valence-electron chi connectivity index (χ3n) is 2.55. The van der Waals surface area contributed by atoms with Crippen molar-refractivity contribution in [1.29, 1.82) is 0 Å². The van der Waals surface area contributed by atoms with Gasteiger partial charge in [-0.1, -0.05) is 19.9 Å². The zero-order chi connectivity index (χ0) is 12.7. The second-order valence-corrected chi connectivity index (χ2v) is 4.47. The van der Waals surface area contributed by atoms with Gasteiger partial charge in [-0.05, 0) is 13.0 Å². The van der Waals surface area contributed by atoms with E-state index in [9.17, 15) is 0 Å². The summed E-state index contributed by atoms with van der Waals surface area (Å²) in [6, 6.07) is 4.52. The first kappa shape index (κ1) is 13.9. The molecule has 0 aliphatic rings. The number of hydrogen-bond acceptors (Lipinski definition) is 4. The highest BCUT2D eigenvalue weighted by Gasteiger charge is 2.05.